The lowest BCUT2D eigenvalue weighted by molar-refractivity contribution is 0.411. The van der Waals surface area contributed by atoms with E-state index >= 15 is 0 Å². The maximum absolute atomic E-state index is 5.45. The molecule has 0 fully saturated rings. The first-order valence-corrected chi connectivity index (χ1v) is 12.1. The van der Waals surface area contributed by atoms with Crippen molar-refractivity contribution in [3.05, 3.63) is 70.0 Å². The van der Waals surface area contributed by atoms with Gasteiger partial charge in [-0.3, -0.25) is 0 Å². The Hall–Kier alpha value is -3.74. The smallest absolute Gasteiger partial charge is 0.253 e. The minimum absolute atomic E-state index is 0.526. The summed E-state index contributed by atoms with van der Waals surface area (Å²) in [5.74, 6) is 1.94. The molecule has 0 unspecified atom stereocenters. The van der Waals surface area contributed by atoms with Gasteiger partial charge in [-0.1, -0.05) is 0 Å². The maximum atomic E-state index is 5.45. The van der Waals surface area contributed by atoms with Gasteiger partial charge in [-0.05, 0) is 102 Å². The number of hydrogen-bond acceptors (Lipinski definition) is 5. The molecule has 3 aromatic rings. The molecule has 1 aromatic heterocycles. The predicted molar refractivity (Wildman–Crippen MR) is 145 cm³/mol. The molecular weight excluding hydrogens is 436 g/mol. The van der Waals surface area contributed by atoms with Gasteiger partial charge in [0.1, 0.15) is 11.5 Å². The summed E-state index contributed by atoms with van der Waals surface area (Å²) >= 11 is 0. The second-order valence-corrected chi connectivity index (χ2v) is 8.84. The fourth-order valence-corrected chi connectivity index (χ4v) is 4.29. The number of ether oxygens (including phenoxy) is 1. The highest BCUT2D eigenvalue weighted by Gasteiger charge is 2.24. The molecule has 4 rings (SSSR count). The van der Waals surface area contributed by atoms with Crippen LogP contribution in [0.3, 0.4) is 0 Å². The Kier molecular flexibility index (Phi) is 6.87. The number of anilines is 1. The fraction of sp³-hybridized carbons (Fsp3) is 0.357. The third kappa shape index (κ3) is 4.63. The van der Waals surface area contributed by atoms with Crippen LogP contribution in [0, 0.1) is 34.6 Å². The number of aryl methyl sites for hydroxylation is 3. The van der Waals surface area contributed by atoms with Gasteiger partial charge in [0.2, 0.25) is 0 Å². The average molecular weight is 471 g/mol. The van der Waals surface area contributed by atoms with E-state index in [4.69, 9.17) is 19.7 Å². The zero-order valence-corrected chi connectivity index (χ0v) is 22.0. The molecule has 0 saturated carbocycles. The highest BCUT2D eigenvalue weighted by atomic mass is 16.5. The monoisotopic (exact) mass is 470 g/mol. The first-order chi connectivity index (χ1) is 16.8. The van der Waals surface area contributed by atoms with Crippen molar-refractivity contribution in [1.29, 1.82) is 0 Å². The summed E-state index contributed by atoms with van der Waals surface area (Å²) < 4.78 is 7.26. The van der Waals surface area contributed by atoms with Crippen molar-refractivity contribution in [1.82, 2.24) is 9.78 Å². The molecule has 7 nitrogen and oxygen atoms in total. The molecule has 7 heteroatoms. The van der Waals surface area contributed by atoms with Crippen molar-refractivity contribution >= 4 is 28.9 Å². The largest absolute Gasteiger partial charge is 0.496 e. The minimum Gasteiger partial charge on any atom is -0.496 e. The number of amidine groups is 1. The summed E-state index contributed by atoms with van der Waals surface area (Å²) in [5, 5.41) is 4.67. The second kappa shape index (κ2) is 9.86. The maximum Gasteiger partial charge on any atom is 0.253 e. The van der Waals surface area contributed by atoms with E-state index in [2.05, 4.69) is 62.0 Å². The first kappa shape index (κ1) is 24.4. The Labute approximate surface area is 207 Å². The van der Waals surface area contributed by atoms with Crippen LogP contribution in [0.4, 0.5) is 11.4 Å². The van der Waals surface area contributed by atoms with Gasteiger partial charge in [-0.15, -0.1) is 0 Å². The Morgan fingerprint density at radius 3 is 2.23 bits per heavy atom. The molecule has 1 aliphatic rings. The highest BCUT2D eigenvalue weighted by Crippen LogP contribution is 2.27. The summed E-state index contributed by atoms with van der Waals surface area (Å²) in [6, 6.07) is 12.4. The van der Waals surface area contributed by atoms with Gasteiger partial charge in [0, 0.05) is 30.0 Å². The number of methoxy groups -OCH3 is 1. The Morgan fingerprint density at radius 2 is 1.66 bits per heavy atom. The first-order valence-electron chi connectivity index (χ1n) is 12.1. The summed E-state index contributed by atoms with van der Waals surface area (Å²) in [6.07, 6.45) is 0. The van der Waals surface area contributed by atoms with Crippen LogP contribution < -0.4 is 9.64 Å². The van der Waals surface area contributed by atoms with Gasteiger partial charge >= 0.3 is 0 Å². The van der Waals surface area contributed by atoms with Gasteiger partial charge in [-0.25, -0.2) is 14.7 Å². The van der Waals surface area contributed by atoms with E-state index in [0.29, 0.717) is 11.8 Å². The van der Waals surface area contributed by atoms with Gasteiger partial charge in [0.15, 0.2) is 5.84 Å². The number of aromatic nitrogens is 2. The minimum atomic E-state index is 0.526. The molecule has 0 atom stereocenters. The van der Waals surface area contributed by atoms with E-state index < -0.39 is 0 Å². The molecule has 0 amide bonds. The van der Waals surface area contributed by atoms with E-state index in [1.54, 1.807) is 11.8 Å². The van der Waals surface area contributed by atoms with Crippen molar-refractivity contribution < 1.29 is 4.74 Å². The molecule has 2 heterocycles. The van der Waals surface area contributed by atoms with Crippen molar-refractivity contribution in [3.8, 4) is 5.75 Å². The van der Waals surface area contributed by atoms with Gasteiger partial charge < -0.3 is 9.64 Å². The van der Waals surface area contributed by atoms with Crippen LogP contribution in [0.25, 0.3) is 0 Å². The molecule has 1 aliphatic heterocycles. The lowest BCUT2D eigenvalue weighted by Crippen LogP contribution is -2.21. The lowest BCUT2D eigenvalue weighted by Gasteiger charge is -2.21. The second-order valence-electron chi connectivity index (χ2n) is 8.84. The molecule has 35 heavy (non-hydrogen) atoms. The van der Waals surface area contributed by atoms with E-state index in [9.17, 15) is 0 Å². The Bertz CT molecular complexity index is 1360. The average Bonchev–Trinajstić information content (AvgIpc) is 3.37. The summed E-state index contributed by atoms with van der Waals surface area (Å²) in [6.45, 7) is 16.5. The zero-order valence-electron chi connectivity index (χ0n) is 22.0. The van der Waals surface area contributed by atoms with Crippen LogP contribution in [-0.4, -0.2) is 47.5 Å². The molecule has 182 valence electrons. The highest BCUT2D eigenvalue weighted by molar-refractivity contribution is 6.53. The number of hydrogen-bond donors (Lipinski definition) is 0. The molecule has 2 aromatic carbocycles. The summed E-state index contributed by atoms with van der Waals surface area (Å²) in [7, 11) is 1.68. The van der Waals surface area contributed by atoms with E-state index in [1.165, 1.54) is 5.69 Å². The number of rotatable bonds is 6. The summed E-state index contributed by atoms with van der Waals surface area (Å²) in [5.41, 5.74) is 9.00. The number of nitrogens with zero attached hydrogens (tertiary/aromatic N) is 6. The molecule has 0 N–H and O–H groups in total. The normalized spacial score (nSPS) is 14.3. The molecule has 0 radical (unpaired) electrons. The van der Waals surface area contributed by atoms with E-state index in [-0.39, 0.29) is 0 Å². The molecule has 0 spiro atoms. The van der Waals surface area contributed by atoms with Crippen LogP contribution in [0.15, 0.2) is 51.4 Å². The van der Waals surface area contributed by atoms with Crippen molar-refractivity contribution in [3.63, 3.8) is 0 Å². The molecular formula is C28H34N6O. The third-order valence-electron chi connectivity index (χ3n) is 6.68. The van der Waals surface area contributed by atoms with E-state index in [0.717, 1.165) is 63.9 Å². The van der Waals surface area contributed by atoms with Crippen molar-refractivity contribution in [2.24, 2.45) is 15.0 Å². The van der Waals surface area contributed by atoms with Gasteiger partial charge in [0.25, 0.3) is 5.96 Å². The van der Waals surface area contributed by atoms with Gasteiger partial charge in [-0.2, -0.15) is 10.1 Å². The van der Waals surface area contributed by atoms with Crippen molar-refractivity contribution in [2.45, 2.75) is 48.5 Å². The SMILES string of the molecule is CCN(CC)c1ccc(N=C2N=C(n3nc(C)c(C)c3C)N=C2c2ccc(OC)c(C)c2)c(C)c1. The van der Waals surface area contributed by atoms with E-state index in [1.807, 2.05) is 32.9 Å². The van der Waals surface area contributed by atoms with Crippen LogP contribution >= 0.6 is 0 Å². The van der Waals surface area contributed by atoms with Crippen molar-refractivity contribution in [2.75, 3.05) is 25.1 Å². The molecule has 0 saturated heterocycles. The van der Waals surface area contributed by atoms with Crippen LogP contribution in [0.1, 0.15) is 47.5 Å². The van der Waals surface area contributed by atoms with Crippen LogP contribution in [-0.2, 0) is 0 Å². The Balaban J connectivity index is 1.83. The third-order valence-corrected chi connectivity index (χ3v) is 6.68. The predicted octanol–water partition coefficient (Wildman–Crippen LogP) is 5.72. The standard InChI is InChI=1S/C28H34N6O/c1-9-33(10-2)23-12-13-24(17(3)16-23)29-27-26(22-11-14-25(35-8)18(4)15-22)30-28(31-27)34-21(7)19(5)20(6)32-34/h11-16H,9-10H2,1-8H3. The molecule has 0 aliphatic carbocycles. The topological polar surface area (TPSA) is 67.4 Å². The summed E-state index contributed by atoms with van der Waals surface area (Å²) in [4.78, 5) is 17.1. The number of aliphatic imine (C=N–C) groups is 3. The van der Waals surface area contributed by atoms with Crippen LogP contribution in [0.5, 0.6) is 5.75 Å². The zero-order chi connectivity index (χ0) is 25.3. The quantitative estimate of drug-likeness (QED) is 0.463. The lowest BCUT2D eigenvalue weighted by atomic mass is 10.1. The molecule has 0 bridgehead atoms. The van der Waals surface area contributed by atoms with Gasteiger partial charge in [0.05, 0.1) is 18.5 Å². The fourth-order valence-electron chi connectivity index (χ4n) is 4.29. The van der Waals surface area contributed by atoms with Crippen LogP contribution in [0.2, 0.25) is 0 Å². The Morgan fingerprint density at radius 1 is 0.914 bits per heavy atom. The number of benzene rings is 2.